The normalized spacial score (nSPS) is 15.3. The average Bonchev–Trinajstić information content (AvgIpc) is 2.97. The van der Waals surface area contributed by atoms with Crippen molar-refractivity contribution in [3.8, 4) is 5.75 Å². The van der Waals surface area contributed by atoms with Crippen molar-refractivity contribution in [2.75, 3.05) is 11.9 Å². The lowest BCUT2D eigenvalue weighted by Crippen LogP contribution is -2.22. The van der Waals surface area contributed by atoms with Gasteiger partial charge in [0.15, 0.2) is 6.61 Å². The van der Waals surface area contributed by atoms with Crippen LogP contribution in [-0.4, -0.2) is 22.7 Å². The summed E-state index contributed by atoms with van der Waals surface area (Å²) in [6.07, 6.45) is -3.03. The van der Waals surface area contributed by atoms with Gasteiger partial charge in [-0.1, -0.05) is 54.3 Å². The predicted molar refractivity (Wildman–Crippen MR) is 108 cm³/mol. The number of para-hydroxylation sites is 2. The number of benzene rings is 2. The van der Waals surface area contributed by atoms with E-state index in [0.717, 1.165) is 23.9 Å². The summed E-state index contributed by atoms with van der Waals surface area (Å²) in [6.45, 7) is -0.510. The number of thioether (sulfide) groups is 1. The fraction of sp³-hybridized carbons (Fsp3) is 0.105. The zero-order chi connectivity index (χ0) is 21.0. The molecule has 1 heterocycles. The topological polar surface area (TPSA) is 67.4 Å². The molecule has 1 saturated heterocycles. The first-order valence-electron chi connectivity index (χ1n) is 8.17. The molecule has 29 heavy (non-hydrogen) atoms. The molecule has 0 unspecified atom stereocenters. The number of thiocarbonyl (C=S) groups is 1. The Hall–Kier alpha value is -2.85. The molecular weight excluding hydrogens is 425 g/mol. The molecule has 0 spiro atoms. The monoisotopic (exact) mass is 438 g/mol. The van der Waals surface area contributed by atoms with E-state index in [1.807, 2.05) is 0 Å². The molecule has 2 N–H and O–H groups in total. The number of nitrogens with one attached hydrogen (secondary N) is 2. The zero-order valence-electron chi connectivity index (χ0n) is 14.6. The fourth-order valence-corrected chi connectivity index (χ4v) is 3.50. The first-order chi connectivity index (χ1) is 13.7. The van der Waals surface area contributed by atoms with Gasteiger partial charge < -0.3 is 15.4 Å². The number of ether oxygens (including phenoxy) is 1. The van der Waals surface area contributed by atoms with Gasteiger partial charge in [0.25, 0.3) is 11.8 Å². The van der Waals surface area contributed by atoms with Crippen molar-refractivity contribution in [2.24, 2.45) is 0 Å². The van der Waals surface area contributed by atoms with Gasteiger partial charge in [0.1, 0.15) is 10.1 Å². The highest BCUT2D eigenvalue weighted by atomic mass is 32.2. The Labute approximate surface area is 173 Å². The van der Waals surface area contributed by atoms with Gasteiger partial charge in [-0.05, 0) is 24.3 Å². The summed E-state index contributed by atoms with van der Waals surface area (Å²) in [5, 5.41) is 4.70. The van der Waals surface area contributed by atoms with E-state index in [1.165, 1.54) is 12.1 Å². The standard InChI is InChI=1S/C19H13F3N2O3S2/c20-19(21,22)12-6-2-3-7-13(12)23-16(25)10-27-14-8-4-1-5-11(14)9-15-17(26)24-18(28)29-15/h1-9H,10H2,(H,23,25)(H,24,26,28)/b15-9-. The van der Waals surface area contributed by atoms with Crippen molar-refractivity contribution in [2.45, 2.75) is 6.18 Å². The maximum absolute atomic E-state index is 13.0. The van der Waals surface area contributed by atoms with Crippen LogP contribution in [0.4, 0.5) is 18.9 Å². The van der Waals surface area contributed by atoms with Crippen molar-refractivity contribution < 1.29 is 27.5 Å². The van der Waals surface area contributed by atoms with E-state index >= 15 is 0 Å². The van der Waals surface area contributed by atoms with E-state index in [2.05, 4.69) is 10.6 Å². The van der Waals surface area contributed by atoms with Crippen molar-refractivity contribution >= 4 is 51.9 Å². The molecule has 3 rings (SSSR count). The Morgan fingerprint density at radius 2 is 1.86 bits per heavy atom. The maximum Gasteiger partial charge on any atom is 0.418 e. The van der Waals surface area contributed by atoms with Gasteiger partial charge in [0.2, 0.25) is 0 Å². The molecule has 0 saturated carbocycles. The second kappa shape index (κ2) is 8.66. The number of alkyl halides is 3. The van der Waals surface area contributed by atoms with Crippen LogP contribution >= 0.6 is 24.0 Å². The van der Waals surface area contributed by atoms with Gasteiger partial charge >= 0.3 is 6.18 Å². The molecular formula is C19H13F3N2O3S2. The molecule has 150 valence electrons. The summed E-state index contributed by atoms with van der Waals surface area (Å²) < 4.78 is 44.9. The van der Waals surface area contributed by atoms with Crippen LogP contribution in [0.5, 0.6) is 5.75 Å². The molecule has 1 fully saturated rings. The number of hydrogen-bond acceptors (Lipinski definition) is 5. The maximum atomic E-state index is 13.0. The molecule has 0 atom stereocenters. The summed E-state index contributed by atoms with van der Waals surface area (Å²) in [4.78, 5) is 24.3. The van der Waals surface area contributed by atoms with E-state index in [1.54, 1.807) is 30.3 Å². The lowest BCUT2D eigenvalue weighted by Gasteiger charge is -2.14. The number of rotatable bonds is 5. The molecule has 2 amide bonds. The molecule has 0 aliphatic carbocycles. The summed E-state index contributed by atoms with van der Waals surface area (Å²) in [5.74, 6) is -0.792. The zero-order valence-corrected chi connectivity index (χ0v) is 16.2. The minimum absolute atomic E-state index is 0.297. The van der Waals surface area contributed by atoms with Crippen molar-refractivity contribution in [1.29, 1.82) is 0 Å². The molecule has 0 radical (unpaired) electrons. The smallest absolute Gasteiger partial charge is 0.418 e. The highest BCUT2D eigenvalue weighted by Gasteiger charge is 2.33. The summed E-state index contributed by atoms with van der Waals surface area (Å²) >= 11 is 6.03. The van der Waals surface area contributed by atoms with Crippen LogP contribution in [-0.2, 0) is 15.8 Å². The van der Waals surface area contributed by atoms with Crippen LogP contribution in [0.3, 0.4) is 0 Å². The predicted octanol–water partition coefficient (Wildman–Crippen LogP) is 4.21. The van der Waals surface area contributed by atoms with Crippen LogP contribution in [0.2, 0.25) is 0 Å². The molecule has 0 bridgehead atoms. The summed E-state index contributed by atoms with van der Waals surface area (Å²) in [6, 6.07) is 11.3. The number of carbonyl (C=O) groups is 2. The molecule has 2 aromatic rings. The van der Waals surface area contributed by atoms with Crippen LogP contribution in [0.25, 0.3) is 6.08 Å². The van der Waals surface area contributed by atoms with E-state index in [4.69, 9.17) is 17.0 Å². The third kappa shape index (κ3) is 5.36. The third-order valence-corrected chi connectivity index (χ3v) is 4.88. The van der Waals surface area contributed by atoms with Crippen LogP contribution in [0.15, 0.2) is 53.4 Å². The number of carbonyl (C=O) groups excluding carboxylic acids is 2. The number of halogens is 3. The highest BCUT2D eigenvalue weighted by Crippen LogP contribution is 2.34. The van der Waals surface area contributed by atoms with Crippen molar-refractivity contribution in [3.63, 3.8) is 0 Å². The Balaban J connectivity index is 1.70. The van der Waals surface area contributed by atoms with Gasteiger partial charge in [0, 0.05) is 5.56 Å². The number of hydrogen-bond donors (Lipinski definition) is 2. The van der Waals surface area contributed by atoms with Crippen molar-refractivity contribution in [1.82, 2.24) is 5.32 Å². The second-order valence-corrected chi connectivity index (χ2v) is 7.49. The molecule has 5 nitrogen and oxygen atoms in total. The molecule has 0 aromatic heterocycles. The Kier molecular flexibility index (Phi) is 6.23. The van der Waals surface area contributed by atoms with Gasteiger partial charge in [-0.25, -0.2) is 0 Å². The summed E-state index contributed by atoms with van der Waals surface area (Å²) in [7, 11) is 0. The quantitative estimate of drug-likeness (QED) is 0.541. The Morgan fingerprint density at radius 3 is 2.55 bits per heavy atom. The van der Waals surface area contributed by atoms with Crippen LogP contribution in [0, 0.1) is 0 Å². The Morgan fingerprint density at radius 1 is 1.17 bits per heavy atom. The minimum Gasteiger partial charge on any atom is -0.483 e. The van der Waals surface area contributed by atoms with E-state index in [-0.39, 0.29) is 11.6 Å². The van der Waals surface area contributed by atoms with Gasteiger partial charge in [0.05, 0.1) is 16.2 Å². The number of anilines is 1. The van der Waals surface area contributed by atoms with E-state index in [9.17, 15) is 22.8 Å². The summed E-state index contributed by atoms with van der Waals surface area (Å²) in [5.41, 5.74) is -0.770. The van der Waals surface area contributed by atoms with Crippen molar-refractivity contribution in [3.05, 3.63) is 64.6 Å². The lowest BCUT2D eigenvalue weighted by molar-refractivity contribution is -0.137. The molecule has 1 aliphatic heterocycles. The third-order valence-electron chi connectivity index (χ3n) is 3.71. The first-order valence-corrected chi connectivity index (χ1v) is 9.39. The van der Waals surface area contributed by atoms with E-state index in [0.29, 0.717) is 20.5 Å². The SMILES string of the molecule is O=C(COc1ccccc1/C=C1\SC(=S)NC1=O)Nc1ccccc1C(F)(F)F. The number of amides is 2. The van der Waals surface area contributed by atoms with Gasteiger partial charge in [-0.15, -0.1) is 0 Å². The first kappa shape index (κ1) is 20.9. The molecule has 10 heteroatoms. The molecule has 2 aromatic carbocycles. The van der Waals surface area contributed by atoms with E-state index < -0.39 is 24.3 Å². The van der Waals surface area contributed by atoms with Gasteiger partial charge in [-0.3, -0.25) is 9.59 Å². The fourth-order valence-electron chi connectivity index (χ4n) is 2.46. The second-order valence-electron chi connectivity index (χ2n) is 5.77. The highest BCUT2D eigenvalue weighted by molar-refractivity contribution is 8.26. The molecule has 1 aliphatic rings. The van der Waals surface area contributed by atoms with Crippen LogP contribution in [0.1, 0.15) is 11.1 Å². The average molecular weight is 438 g/mol. The van der Waals surface area contributed by atoms with Gasteiger partial charge in [-0.2, -0.15) is 13.2 Å². The van der Waals surface area contributed by atoms with Crippen LogP contribution < -0.4 is 15.4 Å². The largest absolute Gasteiger partial charge is 0.483 e. The Bertz CT molecular complexity index is 1010. The minimum atomic E-state index is -4.59. The lowest BCUT2D eigenvalue weighted by atomic mass is 10.1.